The first-order chi connectivity index (χ1) is 10.9. The predicted molar refractivity (Wildman–Crippen MR) is 112 cm³/mol. The highest BCUT2D eigenvalue weighted by Gasteiger charge is 2.27. The van der Waals surface area contributed by atoms with Gasteiger partial charge in [0.1, 0.15) is 0 Å². The van der Waals surface area contributed by atoms with Gasteiger partial charge in [-0.1, -0.05) is 13.3 Å². The van der Waals surface area contributed by atoms with E-state index in [9.17, 15) is 4.79 Å². The van der Waals surface area contributed by atoms with Crippen LogP contribution in [0.2, 0.25) is 0 Å². The van der Waals surface area contributed by atoms with E-state index in [0.29, 0.717) is 12.6 Å². The molecule has 0 aromatic carbocycles. The molecule has 0 atom stereocenters. The fourth-order valence-corrected chi connectivity index (χ4v) is 2.79. The zero-order chi connectivity index (χ0) is 17.3. The van der Waals surface area contributed by atoms with Crippen molar-refractivity contribution in [3.8, 4) is 0 Å². The average Bonchev–Trinajstić information content (AvgIpc) is 2.56. The van der Waals surface area contributed by atoms with Gasteiger partial charge in [0, 0.05) is 39.8 Å². The van der Waals surface area contributed by atoms with Gasteiger partial charge in [-0.2, -0.15) is 0 Å². The SMILES string of the molecule is CCCCN1CCC(NC(=NC)NCC(C)(C)C(=O)NC)CC1.I. The number of carbonyl (C=O) groups excluding carboxylic acids is 1. The third-order valence-corrected chi connectivity index (χ3v) is 4.52. The fraction of sp³-hybridized carbons (Fsp3) is 0.882. The molecule has 0 aromatic rings. The second kappa shape index (κ2) is 11.9. The maximum absolute atomic E-state index is 11.8. The molecule has 0 bridgehead atoms. The summed E-state index contributed by atoms with van der Waals surface area (Å²) in [7, 11) is 3.45. The van der Waals surface area contributed by atoms with Crippen molar-refractivity contribution in [1.29, 1.82) is 0 Å². The number of amides is 1. The molecular weight excluding hydrogens is 417 g/mol. The molecule has 6 nitrogen and oxygen atoms in total. The maximum atomic E-state index is 11.8. The molecule has 1 aliphatic heterocycles. The van der Waals surface area contributed by atoms with Crippen LogP contribution in [0.5, 0.6) is 0 Å². The van der Waals surface area contributed by atoms with Crippen LogP contribution in [0.1, 0.15) is 46.5 Å². The molecule has 1 heterocycles. The number of piperidine rings is 1. The Labute approximate surface area is 164 Å². The highest BCUT2D eigenvalue weighted by atomic mass is 127. The van der Waals surface area contributed by atoms with Crippen molar-refractivity contribution in [1.82, 2.24) is 20.9 Å². The smallest absolute Gasteiger partial charge is 0.227 e. The minimum atomic E-state index is -0.462. The molecular formula is C17H36IN5O. The monoisotopic (exact) mass is 453 g/mol. The van der Waals surface area contributed by atoms with Gasteiger partial charge >= 0.3 is 0 Å². The molecule has 24 heavy (non-hydrogen) atoms. The molecule has 7 heteroatoms. The third kappa shape index (κ3) is 8.00. The minimum absolute atomic E-state index is 0. The van der Waals surface area contributed by atoms with Crippen molar-refractivity contribution in [3.05, 3.63) is 0 Å². The number of aliphatic imine (C=N–C) groups is 1. The number of hydrogen-bond acceptors (Lipinski definition) is 3. The zero-order valence-corrected chi connectivity index (χ0v) is 18.3. The van der Waals surface area contributed by atoms with Crippen molar-refractivity contribution in [2.75, 3.05) is 40.3 Å². The van der Waals surface area contributed by atoms with E-state index >= 15 is 0 Å². The lowest BCUT2D eigenvalue weighted by molar-refractivity contribution is -0.128. The average molecular weight is 453 g/mol. The van der Waals surface area contributed by atoms with Gasteiger partial charge in [-0.25, -0.2) is 0 Å². The molecule has 0 saturated carbocycles. The van der Waals surface area contributed by atoms with Crippen LogP contribution < -0.4 is 16.0 Å². The number of hydrogen-bond donors (Lipinski definition) is 3. The van der Waals surface area contributed by atoms with Crippen molar-refractivity contribution in [3.63, 3.8) is 0 Å². The van der Waals surface area contributed by atoms with Crippen LogP contribution in [0.3, 0.4) is 0 Å². The number of carbonyl (C=O) groups is 1. The van der Waals surface area contributed by atoms with E-state index in [0.717, 1.165) is 31.9 Å². The van der Waals surface area contributed by atoms with E-state index in [1.807, 2.05) is 13.8 Å². The molecule has 0 unspecified atom stereocenters. The third-order valence-electron chi connectivity index (χ3n) is 4.52. The molecule has 1 saturated heterocycles. The summed E-state index contributed by atoms with van der Waals surface area (Å²) >= 11 is 0. The van der Waals surface area contributed by atoms with Gasteiger partial charge in [-0.05, 0) is 39.7 Å². The molecule has 0 radical (unpaired) electrons. The number of halogens is 1. The van der Waals surface area contributed by atoms with Gasteiger partial charge in [0.05, 0.1) is 5.41 Å². The summed E-state index contributed by atoms with van der Waals surface area (Å²) in [5, 5.41) is 9.48. The minimum Gasteiger partial charge on any atom is -0.359 e. The number of guanidine groups is 1. The van der Waals surface area contributed by atoms with E-state index in [4.69, 9.17) is 0 Å². The zero-order valence-electron chi connectivity index (χ0n) is 15.9. The summed E-state index contributed by atoms with van der Waals surface area (Å²) in [4.78, 5) is 18.7. The first-order valence-corrected chi connectivity index (χ1v) is 8.84. The Morgan fingerprint density at radius 2 is 1.92 bits per heavy atom. The predicted octanol–water partition coefficient (Wildman–Crippen LogP) is 1.81. The lowest BCUT2D eigenvalue weighted by atomic mass is 9.92. The quantitative estimate of drug-likeness (QED) is 0.313. The summed E-state index contributed by atoms with van der Waals surface area (Å²) in [6.45, 7) is 10.2. The molecule has 0 aromatic heterocycles. The van der Waals surface area contributed by atoms with Crippen LogP contribution in [0.4, 0.5) is 0 Å². The van der Waals surface area contributed by atoms with Gasteiger partial charge in [0.25, 0.3) is 0 Å². The van der Waals surface area contributed by atoms with Crippen molar-refractivity contribution in [2.24, 2.45) is 10.4 Å². The molecule has 142 valence electrons. The van der Waals surface area contributed by atoms with Crippen LogP contribution in [0.15, 0.2) is 4.99 Å². The van der Waals surface area contributed by atoms with Crippen LogP contribution in [-0.2, 0) is 4.79 Å². The normalized spacial score (nSPS) is 17.1. The van der Waals surface area contributed by atoms with Crippen molar-refractivity contribution >= 4 is 35.8 Å². The van der Waals surface area contributed by atoms with Crippen LogP contribution in [0.25, 0.3) is 0 Å². The van der Waals surface area contributed by atoms with Gasteiger partial charge in [-0.15, -0.1) is 24.0 Å². The van der Waals surface area contributed by atoms with E-state index in [1.165, 1.54) is 19.4 Å². The van der Waals surface area contributed by atoms with Crippen molar-refractivity contribution < 1.29 is 4.79 Å². The van der Waals surface area contributed by atoms with Crippen molar-refractivity contribution in [2.45, 2.75) is 52.5 Å². The maximum Gasteiger partial charge on any atom is 0.227 e. The Bertz CT molecular complexity index is 392. The molecule has 0 aliphatic carbocycles. The fourth-order valence-electron chi connectivity index (χ4n) is 2.79. The second-order valence-corrected chi connectivity index (χ2v) is 7.00. The number of rotatable bonds is 7. The number of nitrogens with one attached hydrogen (secondary N) is 3. The first kappa shape index (κ1) is 23.4. The largest absolute Gasteiger partial charge is 0.359 e. The van der Waals surface area contributed by atoms with Gasteiger partial charge < -0.3 is 20.9 Å². The highest BCUT2D eigenvalue weighted by Crippen LogP contribution is 2.14. The molecule has 3 N–H and O–H groups in total. The molecule has 1 aliphatic rings. The standard InChI is InChI=1S/C17H35N5O.HI/c1-6-7-10-22-11-8-14(9-12-22)21-16(19-5)20-13-17(2,3)15(23)18-4;/h14H,6-13H2,1-5H3,(H,18,23)(H2,19,20,21);1H. The van der Waals surface area contributed by atoms with E-state index in [1.54, 1.807) is 14.1 Å². The number of likely N-dealkylation sites (tertiary alicyclic amines) is 1. The molecule has 1 fully saturated rings. The molecule has 0 spiro atoms. The summed E-state index contributed by atoms with van der Waals surface area (Å²) < 4.78 is 0. The van der Waals surface area contributed by atoms with Gasteiger partial charge in [-0.3, -0.25) is 9.79 Å². The second-order valence-electron chi connectivity index (χ2n) is 7.00. The van der Waals surface area contributed by atoms with E-state index in [-0.39, 0.29) is 29.9 Å². The highest BCUT2D eigenvalue weighted by molar-refractivity contribution is 14.0. The first-order valence-electron chi connectivity index (χ1n) is 8.84. The lowest BCUT2D eigenvalue weighted by Gasteiger charge is -2.33. The van der Waals surface area contributed by atoms with Gasteiger partial charge in [0.2, 0.25) is 5.91 Å². The Kier molecular flexibility index (Phi) is 11.6. The Balaban J connectivity index is 0.00000529. The van der Waals surface area contributed by atoms with E-state index in [2.05, 4.69) is 32.8 Å². The lowest BCUT2D eigenvalue weighted by Crippen LogP contribution is -2.51. The van der Waals surface area contributed by atoms with Crippen LogP contribution in [0, 0.1) is 5.41 Å². The molecule has 1 amide bonds. The Morgan fingerprint density at radius 1 is 1.29 bits per heavy atom. The van der Waals surface area contributed by atoms with Gasteiger partial charge in [0.15, 0.2) is 5.96 Å². The topological polar surface area (TPSA) is 68.8 Å². The summed E-state index contributed by atoms with van der Waals surface area (Å²) in [6.07, 6.45) is 4.83. The summed E-state index contributed by atoms with van der Waals surface area (Å²) in [5.41, 5.74) is -0.462. The van der Waals surface area contributed by atoms with Crippen LogP contribution >= 0.6 is 24.0 Å². The summed E-state index contributed by atoms with van der Waals surface area (Å²) in [5.74, 6) is 0.818. The Morgan fingerprint density at radius 3 is 2.42 bits per heavy atom. The summed E-state index contributed by atoms with van der Waals surface area (Å²) in [6, 6.07) is 0.460. The Hall–Kier alpha value is -0.570. The van der Waals surface area contributed by atoms with E-state index < -0.39 is 5.41 Å². The number of nitrogens with zero attached hydrogens (tertiary/aromatic N) is 2. The number of unbranched alkanes of at least 4 members (excludes halogenated alkanes) is 1. The van der Waals surface area contributed by atoms with Crippen LogP contribution in [-0.4, -0.2) is 63.1 Å². The molecule has 1 rings (SSSR count).